The third-order valence-corrected chi connectivity index (χ3v) is 6.27. The van der Waals surface area contributed by atoms with E-state index >= 15 is 0 Å². The highest BCUT2D eigenvalue weighted by Gasteiger charge is 2.22. The number of nitrogens with one attached hydrogen (secondary N) is 3. The standard InChI is InChI=1S/C26H30N8O/c1-17(2)26(35)32-22-6-8-33(9-7-22)24-5-4-18(14-30-24)23-10-19(20(11-27)13-29-3)16-34-25(23)21(12-28)15-31-34/h4-5,10-11,13-17,22,27,29H,6-9H2,1-3H3,(H,32,35)/b20-13+,27-11?. The van der Waals surface area contributed by atoms with Crippen LogP contribution in [0.5, 0.6) is 0 Å². The number of carbonyl (C=O) groups excluding carboxylic acids is 1. The van der Waals surface area contributed by atoms with E-state index in [-0.39, 0.29) is 17.9 Å². The Morgan fingerprint density at radius 3 is 2.66 bits per heavy atom. The van der Waals surface area contributed by atoms with Crippen LogP contribution in [0.3, 0.4) is 0 Å². The van der Waals surface area contributed by atoms with Crippen molar-refractivity contribution >= 4 is 29.0 Å². The van der Waals surface area contributed by atoms with Gasteiger partial charge in [-0.15, -0.1) is 0 Å². The number of hydrogen-bond donors (Lipinski definition) is 3. The maximum atomic E-state index is 12.0. The van der Waals surface area contributed by atoms with Gasteiger partial charge in [-0.25, -0.2) is 9.50 Å². The molecule has 0 aromatic carbocycles. The second kappa shape index (κ2) is 10.4. The Labute approximate surface area is 205 Å². The summed E-state index contributed by atoms with van der Waals surface area (Å²) in [4.78, 5) is 19.0. The maximum absolute atomic E-state index is 12.0. The minimum atomic E-state index is -0.00615. The zero-order chi connectivity index (χ0) is 24.9. The van der Waals surface area contributed by atoms with Crippen molar-refractivity contribution in [3.05, 3.63) is 54.1 Å². The molecule has 1 fully saturated rings. The predicted molar refractivity (Wildman–Crippen MR) is 137 cm³/mol. The van der Waals surface area contributed by atoms with Crippen LogP contribution in [-0.2, 0) is 4.79 Å². The summed E-state index contributed by atoms with van der Waals surface area (Å²) in [5, 5.41) is 27.9. The fraction of sp³-hybridized carbons (Fsp3) is 0.346. The topological polar surface area (TPSA) is 122 Å². The van der Waals surface area contributed by atoms with E-state index in [0.717, 1.165) is 48.4 Å². The molecule has 3 N–H and O–H groups in total. The summed E-state index contributed by atoms with van der Waals surface area (Å²) in [5.41, 5.74) is 4.39. The average molecular weight is 471 g/mol. The van der Waals surface area contributed by atoms with E-state index in [2.05, 4.69) is 26.7 Å². The van der Waals surface area contributed by atoms with Gasteiger partial charge in [-0.1, -0.05) is 13.8 Å². The van der Waals surface area contributed by atoms with E-state index < -0.39 is 0 Å². The van der Waals surface area contributed by atoms with Gasteiger partial charge in [0.05, 0.1) is 17.3 Å². The number of nitrogens with zero attached hydrogens (tertiary/aromatic N) is 5. The number of aromatic nitrogens is 3. The highest BCUT2D eigenvalue weighted by molar-refractivity contribution is 6.08. The van der Waals surface area contributed by atoms with Crippen LogP contribution in [0.2, 0.25) is 0 Å². The van der Waals surface area contributed by atoms with Crippen LogP contribution in [0.1, 0.15) is 37.8 Å². The number of nitriles is 1. The molecule has 1 aliphatic rings. The van der Waals surface area contributed by atoms with Crippen molar-refractivity contribution in [2.24, 2.45) is 5.92 Å². The summed E-state index contributed by atoms with van der Waals surface area (Å²) in [5.74, 6) is 0.985. The number of piperidine rings is 1. The van der Waals surface area contributed by atoms with E-state index in [9.17, 15) is 10.1 Å². The molecule has 1 aliphatic heterocycles. The Morgan fingerprint density at radius 2 is 2.06 bits per heavy atom. The Bertz CT molecular complexity index is 1290. The van der Waals surface area contributed by atoms with Crippen molar-refractivity contribution in [1.29, 1.82) is 10.7 Å². The fourth-order valence-electron chi connectivity index (χ4n) is 4.30. The number of fused-ring (bicyclic) bond motifs is 1. The molecule has 9 nitrogen and oxygen atoms in total. The van der Waals surface area contributed by atoms with Gasteiger partial charge < -0.3 is 20.9 Å². The number of carbonyl (C=O) groups is 1. The molecule has 0 radical (unpaired) electrons. The van der Waals surface area contributed by atoms with Crippen LogP contribution in [0.15, 0.2) is 43.0 Å². The molecule has 3 aromatic rings. The third kappa shape index (κ3) is 5.01. The zero-order valence-electron chi connectivity index (χ0n) is 20.2. The van der Waals surface area contributed by atoms with Crippen LogP contribution >= 0.6 is 0 Å². The average Bonchev–Trinajstić information content (AvgIpc) is 3.30. The van der Waals surface area contributed by atoms with Gasteiger partial charge in [0, 0.05) is 79.2 Å². The van der Waals surface area contributed by atoms with E-state index in [4.69, 9.17) is 10.4 Å². The SMILES string of the molecule is CN/C=C(\C=N)c1cc(-c2ccc(N3CCC(NC(=O)C(C)C)CC3)nc2)c2c(C#N)cnn2c1. The molecule has 4 rings (SSSR count). The lowest BCUT2D eigenvalue weighted by atomic mass is 10.0. The molecule has 0 aliphatic carbocycles. The van der Waals surface area contributed by atoms with E-state index in [1.54, 1.807) is 24.0 Å². The van der Waals surface area contributed by atoms with Crippen LogP contribution in [0, 0.1) is 22.7 Å². The van der Waals surface area contributed by atoms with Crippen molar-refractivity contribution in [1.82, 2.24) is 25.2 Å². The van der Waals surface area contributed by atoms with Gasteiger partial charge in [0.15, 0.2) is 0 Å². The minimum absolute atomic E-state index is 0.00615. The minimum Gasteiger partial charge on any atom is -0.393 e. The summed E-state index contributed by atoms with van der Waals surface area (Å²) >= 11 is 0. The van der Waals surface area contributed by atoms with Crippen molar-refractivity contribution in [2.45, 2.75) is 32.7 Å². The van der Waals surface area contributed by atoms with Crippen molar-refractivity contribution in [3.63, 3.8) is 0 Å². The number of pyridine rings is 2. The summed E-state index contributed by atoms with van der Waals surface area (Å²) in [6, 6.07) is 8.39. The van der Waals surface area contributed by atoms with Gasteiger partial charge in [0.25, 0.3) is 0 Å². The molecule has 1 amide bonds. The number of rotatable bonds is 7. The van der Waals surface area contributed by atoms with Gasteiger partial charge >= 0.3 is 0 Å². The van der Waals surface area contributed by atoms with E-state index in [1.165, 1.54) is 6.21 Å². The first-order valence-corrected chi connectivity index (χ1v) is 11.8. The van der Waals surface area contributed by atoms with Crippen molar-refractivity contribution in [3.8, 4) is 17.2 Å². The zero-order valence-corrected chi connectivity index (χ0v) is 20.2. The molecule has 0 saturated carbocycles. The van der Waals surface area contributed by atoms with E-state index in [0.29, 0.717) is 16.7 Å². The molecule has 4 heterocycles. The fourth-order valence-corrected chi connectivity index (χ4v) is 4.30. The molecule has 35 heavy (non-hydrogen) atoms. The van der Waals surface area contributed by atoms with Crippen LogP contribution < -0.4 is 15.5 Å². The van der Waals surface area contributed by atoms with Gasteiger partial charge in [-0.05, 0) is 31.0 Å². The van der Waals surface area contributed by atoms with Gasteiger partial charge in [-0.2, -0.15) is 10.4 Å². The van der Waals surface area contributed by atoms with E-state index in [1.807, 2.05) is 44.4 Å². The first-order valence-electron chi connectivity index (χ1n) is 11.8. The molecule has 0 spiro atoms. The molecule has 0 bridgehead atoms. The first-order chi connectivity index (χ1) is 16.9. The highest BCUT2D eigenvalue weighted by atomic mass is 16.1. The highest BCUT2D eigenvalue weighted by Crippen LogP contribution is 2.31. The lowest BCUT2D eigenvalue weighted by Gasteiger charge is -2.33. The number of amides is 1. The Kier molecular flexibility index (Phi) is 7.11. The van der Waals surface area contributed by atoms with Crippen LogP contribution in [-0.4, -0.2) is 52.9 Å². The van der Waals surface area contributed by atoms with Gasteiger partial charge in [0.2, 0.25) is 5.91 Å². The molecule has 0 atom stereocenters. The van der Waals surface area contributed by atoms with Crippen LogP contribution in [0.25, 0.3) is 22.2 Å². The first kappa shape index (κ1) is 24.0. The van der Waals surface area contributed by atoms with Gasteiger partial charge in [-0.3, -0.25) is 4.79 Å². The summed E-state index contributed by atoms with van der Waals surface area (Å²) < 4.78 is 1.68. The lowest BCUT2D eigenvalue weighted by molar-refractivity contribution is -0.124. The predicted octanol–water partition coefficient (Wildman–Crippen LogP) is 3.22. The molecule has 9 heteroatoms. The Balaban J connectivity index is 1.60. The molecular formula is C26H30N8O. The van der Waals surface area contributed by atoms with Crippen molar-refractivity contribution in [2.75, 3.05) is 25.0 Å². The lowest BCUT2D eigenvalue weighted by Crippen LogP contribution is -2.46. The normalized spacial score (nSPS) is 14.7. The second-order valence-electron chi connectivity index (χ2n) is 8.97. The Hall–Kier alpha value is -4.19. The molecule has 3 aromatic heterocycles. The smallest absolute Gasteiger partial charge is 0.222 e. The molecular weight excluding hydrogens is 440 g/mol. The molecule has 0 unspecified atom stereocenters. The maximum Gasteiger partial charge on any atom is 0.222 e. The Morgan fingerprint density at radius 1 is 1.29 bits per heavy atom. The summed E-state index contributed by atoms with van der Waals surface area (Å²) in [6.07, 6.45) is 10.00. The monoisotopic (exact) mass is 470 g/mol. The number of allylic oxidation sites excluding steroid dienone is 1. The van der Waals surface area contributed by atoms with Gasteiger partial charge in [0.1, 0.15) is 11.9 Å². The second-order valence-corrected chi connectivity index (χ2v) is 8.97. The number of hydrogen-bond acceptors (Lipinski definition) is 7. The largest absolute Gasteiger partial charge is 0.393 e. The van der Waals surface area contributed by atoms with Crippen molar-refractivity contribution < 1.29 is 4.79 Å². The number of anilines is 1. The molecule has 1 saturated heterocycles. The summed E-state index contributed by atoms with van der Waals surface area (Å²) in [6.45, 7) is 5.47. The quantitative estimate of drug-likeness (QED) is 0.456. The third-order valence-electron chi connectivity index (χ3n) is 6.27. The van der Waals surface area contributed by atoms with Crippen LogP contribution in [0.4, 0.5) is 5.82 Å². The molecule has 180 valence electrons. The summed E-state index contributed by atoms with van der Waals surface area (Å²) in [7, 11) is 1.79.